The van der Waals surface area contributed by atoms with Crippen molar-refractivity contribution in [1.82, 2.24) is 9.80 Å². The summed E-state index contributed by atoms with van der Waals surface area (Å²) in [5.41, 5.74) is 2.25. The molecule has 1 saturated carbocycles. The number of aryl methyl sites for hydroxylation is 2. The van der Waals surface area contributed by atoms with Crippen LogP contribution in [0, 0.1) is 13.8 Å². The highest BCUT2D eigenvalue weighted by Gasteiger charge is 2.46. The average molecular weight is 448 g/mol. The van der Waals surface area contributed by atoms with Gasteiger partial charge in [0.1, 0.15) is 12.1 Å². The van der Waals surface area contributed by atoms with Gasteiger partial charge in [0, 0.05) is 12.7 Å². The second-order valence-corrected chi connectivity index (χ2v) is 9.01. The second-order valence-electron chi connectivity index (χ2n) is 9.01. The fourth-order valence-corrected chi connectivity index (χ4v) is 4.96. The van der Waals surface area contributed by atoms with E-state index < -0.39 is 23.3 Å². The second kappa shape index (κ2) is 8.81. The van der Waals surface area contributed by atoms with Crippen LogP contribution in [-0.4, -0.2) is 52.6 Å². The first-order valence-electron chi connectivity index (χ1n) is 11.4. The van der Waals surface area contributed by atoms with Crippen LogP contribution < -0.4 is 5.32 Å². The molecule has 1 N–H and O–H groups in total. The lowest BCUT2D eigenvalue weighted by Crippen LogP contribution is -2.60. The van der Waals surface area contributed by atoms with Gasteiger partial charge in [-0.3, -0.25) is 24.1 Å². The minimum absolute atomic E-state index is 0.224. The molecule has 1 heterocycles. The topological polar surface area (TPSA) is 86.8 Å². The molecule has 1 fully saturated rings. The van der Waals surface area contributed by atoms with E-state index in [2.05, 4.69) is 5.32 Å². The van der Waals surface area contributed by atoms with E-state index in [0.717, 1.165) is 41.0 Å². The van der Waals surface area contributed by atoms with Gasteiger partial charge >= 0.3 is 0 Å². The van der Waals surface area contributed by atoms with Crippen LogP contribution in [-0.2, 0) is 9.59 Å². The highest BCUT2D eigenvalue weighted by Crippen LogP contribution is 2.35. The molecule has 0 saturated heterocycles. The number of likely N-dealkylation sites (N-methyl/N-ethyl adjacent to an activating group) is 1. The maximum atomic E-state index is 13.6. The number of nitrogens with zero attached hydrogens (tertiary/aromatic N) is 2. The summed E-state index contributed by atoms with van der Waals surface area (Å²) in [4.78, 5) is 54.9. The number of fused-ring (bicyclic) bond motifs is 1. The lowest BCUT2D eigenvalue weighted by atomic mass is 9.79. The van der Waals surface area contributed by atoms with Crippen LogP contribution in [0.3, 0.4) is 0 Å². The number of benzene rings is 2. The van der Waals surface area contributed by atoms with Crippen molar-refractivity contribution < 1.29 is 19.2 Å². The Balaban J connectivity index is 1.57. The summed E-state index contributed by atoms with van der Waals surface area (Å²) < 4.78 is 0. The molecule has 1 aliphatic heterocycles. The van der Waals surface area contributed by atoms with Gasteiger partial charge in [0.25, 0.3) is 11.8 Å². The Labute approximate surface area is 193 Å². The smallest absolute Gasteiger partial charge is 0.262 e. The quantitative estimate of drug-likeness (QED) is 0.708. The Morgan fingerprint density at radius 1 is 0.909 bits per heavy atom. The van der Waals surface area contributed by atoms with Crippen molar-refractivity contribution in [2.24, 2.45) is 0 Å². The van der Waals surface area contributed by atoms with Crippen LogP contribution >= 0.6 is 0 Å². The molecule has 33 heavy (non-hydrogen) atoms. The Morgan fingerprint density at radius 2 is 1.45 bits per heavy atom. The largest absolute Gasteiger partial charge is 0.329 e. The van der Waals surface area contributed by atoms with Gasteiger partial charge in [0.2, 0.25) is 11.8 Å². The Morgan fingerprint density at radius 3 is 2.00 bits per heavy atom. The van der Waals surface area contributed by atoms with Gasteiger partial charge in [0.05, 0.1) is 11.1 Å². The number of hydrogen-bond acceptors (Lipinski definition) is 4. The Hall–Kier alpha value is -3.48. The number of amides is 4. The van der Waals surface area contributed by atoms with Crippen molar-refractivity contribution in [2.75, 3.05) is 18.9 Å². The number of carbonyl (C=O) groups excluding carboxylic acids is 4. The van der Waals surface area contributed by atoms with Crippen LogP contribution in [0.4, 0.5) is 5.69 Å². The molecule has 7 heteroatoms. The molecule has 7 nitrogen and oxygen atoms in total. The lowest BCUT2D eigenvalue weighted by Gasteiger charge is -2.43. The van der Waals surface area contributed by atoms with Gasteiger partial charge in [-0.25, -0.2) is 0 Å². The fraction of sp³-hybridized carbons (Fsp3) is 0.385. The predicted molar refractivity (Wildman–Crippen MR) is 125 cm³/mol. The number of nitrogens with one attached hydrogen (secondary N) is 1. The number of anilines is 1. The van der Waals surface area contributed by atoms with Crippen LogP contribution in [0.5, 0.6) is 0 Å². The molecule has 4 rings (SSSR count). The fourth-order valence-electron chi connectivity index (χ4n) is 4.96. The third-order valence-electron chi connectivity index (χ3n) is 7.01. The minimum atomic E-state index is -1.03. The zero-order chi connectivity index (χ0) is 23.8. The third-order valence-corrected chi connectivity index (χ3v) is 7.01. The lowest BCUT2D eigenvalue weighted by molar-refractivity contribution is -0.145. The summed E-state index contributed by atoms with van der Waals surface area (Å²) in [6.07, 6.45) is 3.72. The van der Waals surface area contributed by atoms with Crippen LogP contribution in [0.1, 0.15) is 63.9 Å². The Bertz CT molecular complexity index is 1080. The number of carbonyl (C=O) groups is 4. The number of rotatable bonds is 5. The molecular formula is C26H29N3O4. The van der Waals surface area contributed by atoms with E-state index in [1.807, 2.05) is 32.0 Å². The van der Waals surface area contributed by atoms with Crippen molar-refractivity contribution in [3.8, 4) is 0 Å². The summed E-state index contributed by atoms with van der Waals surface area (Å²) in [6, 6.07) is 12.4. The zero-order valence-corrected chi connectivity index (χ0v) is 19.3. The van der Waals surface area contributed by atoms with Crippen molar-refractivity contribution >= 4 is 29.3 Å². The first kappa shape index (κ1) is 22.7. The van der Waals surface area contributed by atoms with Gasteiger partial charge in [0.15, 0.2) is 0 Å². The van der Waals surface area contributed by atoms with Crippen molar-refractivity contribution in [1.29, 1.82) is 0 Å². The van der Waals surface area contributed by atoms with Gasteiger partial charge < -0.3 is 10.2 Å². The number of imide groups is 1. The van der Waals surface area contributed by atoms with E-state index in [-0.39, 0.29) is 12.5 Å². The van der Waals surface area contributed by atoms with E-state index in [0.29, 0.717) is 24.0 Å². The molecule has 0 atom stereocenters. The molecule has 0 radical (unpaired) electrons. The molecule has 4 amide bonds. The average Bonchev–Trinajstić information content (AvgIpc) is 3.06. The maximum absolute atomic E-state index is 13.6. The monoisotopic (exact) mass is 447 g/mol. The van der Waals surface area contributed by atoms with Crippen molar-refractivity contribution in [3.63, 3.8) is 0 Å². The van der Waals surface area contributed by atoms with Gasteiger partial charge in [-0.1, -0.05) is 49.6 Å². The minimum Gasteiger partial charge on any atom is -0.329 e. The van der Waals surface area contributed by atoms with E-state index in [1.54, 1.807) is 31.3 Å². The molecule has 172 valence electrons. The number of hydrogen-bond donors (Lipinski definition) is 1. The van der Waals surface area contributed by atoms with Crippen molar-refractivity contribution in [3.05, 3.63) is 64.7 Å². The summed E-state index contributed by atoms with van der Waals surface area (Å²) in [7, 11) is 1.61. The van der Waals surface area contributed by atoms with E-state index in [9.17, 15) is 19.2 Å². The number of para-hydroxylation sites is 1. The molecule has 0 bridgehead atoms. The molecule has 0 spiro atoms. The van der Waals surface area contributed by atoms with Gasteiger partial charge in [-0.2, -0.15) is 0 Å². The standard InChI is InChI=1S/C26H29N3O4/c1-17-10-9-11-18(2)22(17)27-25(33)26(14-7-4-8-15-26)28(3)21(30)16-29-23(31)19-12-5-6-13-20(19)24(29)32/h5-6,9-13H,4,7-8,14-16H2,1-3H3,(H,27,33). The first-order valence-corrected chi connectivity index (χ1v) is 11.4. The maximum Gasteiger partial charge on any atom is 0.262 e. The normalized spacial score (nSPS) is 17.0. The van der Waals surface area contributed by atoms with Crippen LogP contribution in [0.25, 0.3) is 0 Å². The zero-order valence-electron chi connectivity index (χ0n) is 19.3. The summed E-state index contributed by atoms with van der Waals surface area (Å²) in [5, 5.41) is 3.07. The molecule has 0 unspecified atom stereocenters. The van der Waals surface area contributed by atoms with E-state index >= 15 is 0 Å². The van der Waals surface area contributed by atoms with Crippen LogP contribution in [0.15, 0.2) is 42.5 Å². The van der Waals surface area contributed by atoms with Crippen molar-refractivity contribution in [2.45, 2.75) is 51.5 Å². The van der Waals surface area contributed by atoms with Gasteiger partial charge in [-0.05, 0) is 49.9 Å². The first-order chi connectivity index (χ1) is 15.8. The molecule has 2 aromatic rings. The van der Waals surface area contributed by atoms with E-state index in [1.165, 1.54) is 4.90 Å². The molecule has 2 aliphatic rings. The Kier molecular flexibility index (Phi) is 6.06. The summed E-state index contributed by atoms with van der Waals surface area (Å²) in [6.45, 7) is 3.49. The molecular weight excluding hydrogens is 418 g/mol. The molecule has 0 aromatic heterocycles. The molecule has 2 aromatic carbocycles. The molecule has 1 aliphatic carbocycles. The van der Waals surface area contributed by atoms with E-state index in [4.69, 9.17) is 0 Å². The summed E-state index contributed by atoms with van der Waals surface area (Å²) in [5.74, 6) is -1.61. The van der Waals surface area contributed by atoms with Crippen LogP contribution in [0.2, 0.25) is 0 Å². The third kappa shape index (κ3) is 3.92. The summed E-state index contributed by atoms with van der Waals surface area (Å²) >= 11 is 0. The highest BCUT2D eigenvalue weighted by atomic mass is 16.2. The highest BCUT2D eigenvalue weighted by molar-refractivity contribution is 6.22. The predicted octanol–water partition coefficient (Wildman–Crippen LogP) is 3.70. The SMILES string of the molecule is Cc1cccc(C)c1NC(=O)C1(N(C)C(=O)CN2C(=O)c3ccccc3C2=O)CCCCC1. The van der Waals surface area contributed by atoms with Gasteiger partial charge in [-0.15, -0.1) is 0 Å².